The van der Waals surface area contributed by atoms with Crippen molar-refractivity contribution in [3.05, 3.63) is 29.8 Å². The van der Waals surface area contributed by atoms with Gasteiger partial charge >= 0.3 is 0 Å². The van der Waals surface area contributed by atoms with E-state index < -0.39 is 0 Å². The molecule has 0 spiro atoms. The minimum atomic E-state index is 0.625. The number of thioether (sulfide) groups is 1. The van der Waals surface area contributed by atoms with Crippen molar-refractivity contribution < 1.29 is 4.74 Å². The Bertz CT molecular complexity index is 493. The summed E-state index contributed by atoms with van der Waals surface area (Å²) in [6.07, 6.45) is 0. The van der Waals surface area contributed by atoms with Gasteiger partial charge in [0, 0.05) is 43.4 Å². The summed E-state index contributed by atoms with van der Waals surface area (Å²) in [5.74, 6) is 3.07. The number of anilines is 1. The maximum atomic E-state index is 6.05. The molecule has 22 heavy (non-hydrogen) atoms. The van der Waals surface area contributed by atoms with Gasteiger partial charge in [0.1, 0.15) is 0 Å². The number of ether oxygens (including phenoxy) is 1. The van der Waals surface area contributed by atoms with Gasteiger partial charge < -0.3 is 20.3 Å². The molecule has 0 unspecified atom stereocenters. The smallest absolute Gasteiger partial charge is 0.191 e. The predicted octanol–water partition coefficient (Wildman–Crippen LogP) is 1.39. The third-order valence-electron chi connectivity index (χ3n) is 4.07. The second-order valence-corrected chi connectivity index (χ2v) is 6.76. The van der Waals surface area contributed by atoms with Gasteiger partial charge in [0.15, 0.2) is 5.96 Å². The second-order valence-electron chi connectivity index (χ2n) is 5.54. The number of benzene rings is 1. The average Bonchev–Trinajstić information content (AvgIpc) is 2.61. The summed E-state index contributed by atoms with van der Waals surface area (Å²) in [6.45, 7) is 6.07. The summed E-state index contributed by atoms with van der Waals surface area (Å²) < 4.78 is 5.33. The summed E-state index contributed by atoms with van der Waals surface area (Å²) >= 11 is 2.03. The zero-order valence-corrected chi connectivity index (χ0v) is 13.7. The SMILES string of the molecule is NC(=NCc1ccc(N2CCSCC2)cc1)N1CCOCC1. The van der Waals surface area contributed by atoms with E-state index in [4.69, 9.17) is 10.5 Å². The van der Waals surface area contributed by atoms with E-state index >= 15 is 0 Å². The fourth-order valence-corrected chi connectivity index (χ4v) is 3.60. The molecule has 2 heterocycles. The molecule has 0 radical (unpaired) electrons. The molecule has 2 saturated heterocycles. The van der Waals surface area contributed by atoms with E-state index in [0.29, 0.717) is 12.5 Å². The summed E-state index contributed by atoms with van der Waals surface area (Å²) in [5, 5.41) is 0. The number of hydrogen-bond acceptors (Lipinski definition) is 4. The van der Waals surface area contributed by atoms with Crippen LogP contribution in [0.5, 0.6) is 0 Å². The first-order valence-electron chi connectivity index (χ1n) is 7.87. The van der Waals surface area contributed by atoms with Gasteiger partial charge in [-0.15, -0.1) is 0 Å². The summed E-state index contributed by atoms with van der Waals surface area (Å²) in [5.41, 5.74) is 8.57. The molecule has 5 nitrogen and oxygen atoms in total. The third kappa shape index (κ3) is 4.08. The topological polar surface area (TPSA) is 54.1 Å². The molecule has 1 aromatic carbocycles. The Morgan fingerprint density at radius 3 is 2.45 bits per heavy atom. The number of aliphatic imine (C=N–C) groups is 1. The highest BCUT2D eigenvalue weighted by Gasteiger charge is 2.12. The third-order valence-corrected chi connectivity index (χ3v) is 5.01. The molecule has 1 aromatic rings. The maximum absolute atomic E-state index is 6.05. The first kappa shape index (κ1) is 15.5. The van der Waals surface area contributed by atoms with Crippen LogP contribution in [0.4, 0.5) is 5.69 Å². The Morgan fingerprint density at radius 2 is 1.77 bits per heavy atom. The molecule has 2 N–H and O–H groups in total. The quantitative estimate of drug-likeness (QED) is 0.674. The van der Waals surface area contributed by atoms with Crippen LogP contribution in [0, 0.1) is 0 Å². The lowest BCUT2D eigenvalue weighted by atomic mass is 10.2. The van der Waals surface area contributed by atoms with E-state index in [9.17, 15) is 0 Å². The van der Waals surface area contributed by atoms with Gasteiger partial charge in [-0.2, -0.15) is 11.8 Å². The van der Waals surface area contributed by atoms with Crippen LogP contribution < -0.4 is 10.6 Å². The molecule has 0 saturated carbocycles. The molecular weight excluding hydrogens is 296 g/mol. The lowest BCUT2D eigenvalue weighted by Gasteiger charge is -2.28. The lowest BCUT2D eigenvalue weighted by molar-refractivity contribution is 0.0674. The van der Waals surface area contributed by atoms with Gasteiger partial charge in [0.25, 0.3) is 0 Å². The van der Waals surface area contributed by atoms with E-state index in [1.54, 1.807) is 0 Å². The Morgan fingerprint density at radius 1 is 1.09 bits per heavy atom. The van der Waals surface area contributed by atoms with Crippen molar-refractivity contribution in [2.75, 3.05) is 55.8 Å². The largest absolute Gasteiger partial charge is 0.378 e. The van der Waals surface area contributed by atoms with E-state index in [1.807, 2.05) is 11.8 Å². The Labute approximate surface area is 136 Å². The first-order chi connectivity index (χ1) is 10.8. The highest BCUT2D eigenvalue weighted by molar-refractivity contribution is 7.99. The van der Waals surface area contributed by atoms with Gasteiger partial charge in [-0.3, -0.25) is 0 Å². The Balaban J connectivity index is 1.56. The lowest BCUT2D eigenvalue weighted by Crippen LogP contribution is -2.44. The van der Waals surface area contributed by atoms with Crippen LogP contribution in [0.15, 0.2) is 29.3 Å². The minimum absolute atomic E-state index is 0.625. The highest BCUT2D eigenvalue weighted by atomic mass is 32.2. The number of rotatable bonds is 3. The summed E-state index contributed by atoms with van der Waals surface area (Å²) in [7, 11) is 0. The van der Waals surface area contributed by atoms with E-state index in [1.165, 1.54) is 22.8 Å². The van der Waals surface area contributed by atoms with Crippen molar-refractivity contribution in [2.24, 2.45) is 10.7 Å². The van der Waals surface area contributed by atoms with Crippen molar-refractivity contribution in [1.82, 2.24) is 4.90 Å². The van der Waals surface area contributed by atoms with Crippen LogP contribution in [0.1, 0.15) is 5.56 Å². The molecule has 2 fully saturated rings. The maximum Gasteiger partial charge on any atom is 0.191 e. The van der Waals surface area contributed by atoms with E-state index in [0.717, 1.165) is 39.4 Å². The number of nitrogens with zero attached hydrogens (tertiary/aromatic N) is 3. The molecule has 0 atom stereocenters. The molecule has 3 rings (SSSR count). The summed E-state index contributed by atoms with van der Waals surface area (Å²) in [4.78, 5) is 9.04. The van der Waals surface area contributed by atoms with Crippen molar-refractivity contribution in [3.63, 3.8) is 0 Å². The number of morpholine rings is 1. The predicted molar refractivity (Wildman–Crippen MR) is 93.7 cm³/mol. The number of nitrogens with two attached hydrogens (primary N) is 1. The molecule has 0 amide bonds. The van der Waals surface area contributed by atoms with Crippen molar-refractivity contribution >= 4 is 23.4 Å². The van der Waals surface area contributed by atoms with Gasteiger partial charge in [0.05, 0.1) is 19.8 Å². The Hall–Kier alpha value is -1.40. The molecule has 0 aromatic heterocycles. The molecule has 2 aliphatic rings. The van der Waals surface area contributed by atoms with Crippen LogP contribution in [-0.4, -0.2) is 61.8 Å². The van der Waals surface area contributed by atoms with Crippen molar-refractivity contribution in [1.29, 1.82) is 0 Å². The van der Waals surface area contributed by atoms with Crippen LogP contribution in [0.2, 0.25) is 0 Å². The fourth-order valence-electron chi connectivity index (χ4n) is 2.70. The zero-order chi connectivity index (χ0) is 15.2. The minimum Gasteiger partial charge on any atom is -0.378 e. The second kappa shape index (κ2) is 7.74. The Kier molecular flexibility index (Phi) is 5.45. The van der Waals surface area contributed by atoms with Gasteiger partial charge in [-0.05, 0) is 17.7 Å². The van der Waals surface area contributed by atoms with Gasteiger partial charge in [0.2, 0.25) is 0 Å². The molecular formula is C16H24N4OS. The average molecular weight is 320 g/mol. The fraction of sp³-hybridized carbons (Fsp3) is 0.562. The van der Waals surface area contributed by atoms with Gasteiger partial charge in [-0.1, -0.05) is 12.1 Å². The van der Waals surface area contributed by atoms with Crippen LogP contribution in [-0.2, 0) is 11.3 Å². The molecule has 120 valence electrons. The normalized spacial score (nSPS) is 20.3. The van der Waals surface area contributed by atoms with Gasteiger partial charge in [-0.25, -0.2) is 4.99 Å². The van der Waals surface area contributed by atoms with Crippen LogP contribution >= 0.6 is 11.8 Å². The summed E-state index contributed by atoms with van der Waals surface area (Å²) in [6, 6.07) is 8.72. The van der Waals surface area contributed by atoms with E-state index in [2.05, 4.69) is 39.1 Å². The standard InChI is InChI=1S/C16H24N4OS/c17-16(20-5-9-21-10-6-20)18-13-14-1-3-15(4-2-14)19-7-11-22-12-8-19/h1-4H,5-13H2,(H2,17,18). The van der Waals surface area contributed by atoms with E-state index in [-0.39, 0.29) is 0 Å². The van der Waals surface area contributed by atoms with Crippen LogP contribution in [0.25, 0.3) is 0 Å². The number of hydrogen-bond donors (Lipinski definition) is 1. The molecule has 0 aliphatic carbocycles. The first-order valence-corrected chi connectivity index (χ1v) is 9.02. The molecule has 6 heteroatoms. The molecule has 2 aliphatic heterocycles. The van der Waals surface area contributed by atoms with Crippen molar-refractivity contribution in [3.8, 4) is 0 Å². The zero-order valence-electron chi connectivity index (χ0n) is 12.9. The number of guanidine groups is 1. The monoisotopic (exact) mass is 320 g/mol. The van der Waals surface area contributed by atoms with Crippen LogP contribution in [0.3, 0.4) is 0 Å². The molecule has 0 bridgehead atoms. The highest BCUT2D eigenvalue weighted by Crippen LogP contribution is 2.20. The van der Waals surface area contributed by atoms with Crippen molar-refractivity contribution in [2.45, 2.75) is 6.54 Å².